The van der Waals surface area contributed by atoms with E-state index >= 15 is 0 Å². The smallest absolute Gasteiger partial charge is 0.258 e. The summed E-state index contributed by atoms with van der Waals surface area (Å²) in [6.45, 7) is 0.189. The van der Waals surface area contributed by atoms with E-state index in [1.165, 1.54) is 12.1 Å². The average molecular weight is 248 g/mol. The molecule has 2 rings (SSSR count). The van der Waals surface area contributed by atoms with Gasteiger partial charge >= 0.3 is 0 Å². The third-order valence-corrected chi connectivity index (χ3v) is 2.33. The molecule has 0 aliphatic carbocycles. The molecule has 0 spiro atoms. The van der Waals surface area contributed by atoms with Crippen molar-refractivity contribution in [1.82, 2.24) is 10.3 Å². The van der Waals surface area contributed by atoms with Crippen LogP contribution in [0.1, 0.15) is 5.69 Å². The number of hydrogen-bond donors (Lipinski definition) is 2. The Bertz CT molecular complexity index is 511. The van der Waals surface area contributed by atoms with Gasteiger partial charge in [-0.3, -0.25) is 4.79 Å². The van der Waals surface area contributed by atoms with E-state index in [1.54, 1.807) is 18.3 Å². The minimum absolute atomic E-state index is 0.0764. The van der Waals surface area contributed by atoms with Gasteiger partial charge < -0.3 is 15.0 Å². The molecule has 5 heteroatoms. The van der Waals surface area contributed by atoms with Gasteiger partial charge in [-0.25, -0.2) is 4.39 Å². The summed E-state index contributed by atoms with van der Waals surface area (Å²) < 4.78 is 18.3. The molecule has 0 radical (unpaired) electrons. The fourth-order valence-electron chi connectivity index (χ4n) is 1.43. The summed E-state index contributed by atoms with van der Waals surface area (Å²) >= 11 is 0. The van der Waals surface area contributed by atoms with Crippen molar-refractivity contribution in [1.29, 1.82) is 0 Å². The number of hydrogen-bond acceptors (Lipinski definition) is 2. The minimum Gasteiger partial charge on any atom is -0.481 e. The van der Waals surface area contributed by atoms with Crippen molar-refractivity contribution in [3.05, 3.63) is 54.1 Å². The molecule has 0 fully saturated rings. The van der Waals surface area contributed by atoms with Crippen LogP contribution in [-0.4, -0.2) is 17.5 Å². The number of aromatic nitrogens is 1. The van der Waals surface area contributed by atoms with E-state index < -0.39 is 5.82 Å². The molecular formula is C13H13FN2O2. The number of carbonyl (C=O) groups excluding carboxylic acids is 1. The topological polar surface area (TPSA) is 54.1 Å². The van der Waals surface area contributed by atoms with Gasteiger partial charge in [-0.15, -0.1) is 0 Å². The molecule has 2 aromatic rings. The van der Waals surface area contributed by atoms with E-state index in [9.17, 15) is 9.18 Å². The third-order valence-electron chi connectivity index (χ3n) is 2.33. The van der Waals surface area contributed by atoms with Gasteiger partial charge in [0.25, 0.3) is 5.91 Å². The third kappa shape index (κ3) is 3.35. The Morgan fingerprint density at radius 1 is 1.28 bits per heavy atom. The van der Waals surface area contributed by atoms with Crippen LogP contribution in [0.2, 0.25) is 0 Å². The van der Waals surface area contributed by atoms with Crippen LogP contribution in [0.4, 0.5) is 4.39 Å². The predicted octanol–water partition coefficient (Wildman–Crippen LogP) is 1.85. The highest BCUT2D eigenvalue weighted by atomic mass is 19.1. The number of carbonyl (C=O) groups is 1. The zero-order chi connectivity index (χ0) is 12.8. The molecule has 0 unspecified atom stereocenters. The standard InChI is InChI=1S/C13H13FN2O2/c14-11-5-1-2-6-12(11)18-9-13(17)16-8-10-4-3-7-15-10/h1-7,15H,8-9H2,(H,16,17). The van der Waals surface area contributed by atoms with E-state index in [0.29, 0.717) is 6.54 Å². The zero-order valence-electron chi connectivity index (χ0n) is 9.65. The van der Waals surface area contributed by atoms with Gasteiger partial charge in [0.1, 0.15) is 0 Å². The molecule has 0 bridgehead atoms. The second-order valence-corrected chi connectivity index (χ2v) is 3.69. The molecule has 1 aromatic carbocycles. The lowest BCUT2D eigenvalue weighted by Crippen LogP contribution is -2.28. The first-order chi connectivity index (χ1) is 8.75. The molecule has 94 valence electrons. The molecule has 2 N–H and O–H groups in total. The molecular weight excluding hydrogens is 235 g/mol. The summed E-state index contributed by atoms with van der Waals surface area (Å²) in [4.78, 5) is 14.4. The summed E-state index contributed by atoms with van der Waals surface area (Å²) in [5.41, 5.74) is 0.897. The maximum Gasteiger partial charge on any atom is 0.258 e. The molecule has 1 heterocycles. The first-order valence-electron chi connectivity index (χ1n) is 5.52. The van der Waals surface area contributed by atoms with E-state index in [4.69, 9.17) is 4.74 Å². The Morgan fingerprint density at radius 3 is 2.83 bits per heavy atom. The van der Waals surface area contributed by atoms with E-state index in [-0.39, 0.29) is 18.3 Å². The monoisotopic (exact) mass is 248 g/mol. The maximum absolute atomic E-state index is 13.2. The Kier molecular flexibility index (Phi) is 3.96. The summed E-state index contributed by atoms with van der Waals surface area (Å²) in [5, 5.41) is 2.66. The molecule has 0 saturated heterocycles. The van der Waals surface area contributed by atoms with Crippen LogP contribution in [-0.2, 0) is 11.3 Å². The lowest BCUT2D eigenvalue weighted by molar-refractivity contribution is -0.123. The normalized spacial score (nSPS) is 10.1. The highest BCUT2D eigenvalue weighted by molar-refractivity contribution is 5.77. The Morgan fingerprint density at radius 2 is 2.11 bits per heavy atom. The summed E-state index contributed by atoms with van der Waals surface area (Å²) in [6.07, 6.45) is 1.78. The molecule has 0 aliphatic heterocycles. The Labute approximate surface area is 104 Å². The van der Waals surface area contributed by atoms with E-state index in [1.807, 2.05) is 12.1 Å². The predicted molar refractivity (Wildman–Crippen MR) is 64.5 cm³/mol. The van der Waals surface area contributed by atoms with Crippen molar-refractivity contribution < 1.29 is 13.9 Å². The lowest BCUT2D eigenvalue weighted by Gasteiger charge is -2.07. The van der Waals surface area contributed by atoms with Crippen LogP contribution in [0, 0.1) is 5.82 Å². The van der Waals surface area contributed by atoms with Crippen molar-refractivity contribution in [2.24, 2.45) is 0 Å². The molecule has 0 atom stereocenters. The highest BCUT2D eigenvalue weighted by Gasteiger charge is 2.05. The lowest BCUT2D eigenvalue weighted by atomic mass is 10.3. The van der Waals surface area contributed by atoms with Crippen molar-refractivity contribution in [2.75, 3.05) is 6.61 Å². The average Bonchev–Trinajstić information content (AvgIpc) is 2.88. The van der Waals surface area contributed by atoms with Gasteiger partial charge in [0.15, 0.2) is 18.2 Å². The van der Waals surface area contributed by atoms with Crippen molar-refractivity contribution in [3.8, 4) is 5.75 Å². The van der Waals surface area contributed by atoms with Gasteiger partial charge in [0.05, 0.1) is 6.54 Å². The second-order valence-electron chi connectivity index (χ2n) is 3.69. The number of nitrogens with one attached hydrogen (secondary N) is 2. The minimum atomic E-state index is -0.477. The molecule has 4 nitrogen and oxygen atoms in total. The number of halogens is 1. The van der Waals surface area contributed by atoms with E-state index in [0.717, 1.165) is 5.69 Å². The molecule has 1 aromatic heterocycles. The van der Waals surface area contributed by atoms with Crippen LogP contribution in [0.25, 0.3) is 0 Å². The summed E-state index contributed by atoms with van der Waals surface area (Å²) in [7, 11) is 0. The van der Waals surface area contributed by atoms with Crippen molar-refractivity contribution >= 4 is 5.91 Å². The van der Waals surface area contributed by atoms with Crippen LogP contribution in [0.15, 0.2) is 42.6 Å². The first-order valence-corrected chi connectivity index (χ1v) is 5.52. The number of H-pyrrole nitrogens is 1. The largest absolute Gasteiger partial charge is 0.481 e. The van der Waals surface area contributed by atoms with Crippen LogP contribution in [0.5, 0.6) is 5.75 Å². The van der Waals surface area contributed by atoms with Crippen LogP contribution < -0.4 is 10.1 Å². The number of ether oxygens (including phenoxy) is 1. The second kappa shape index (κ2) is 5.86. The van der Waals surface area contributed by atoms with Crippen molar-refractivity contribution in [2.45, 2.75) is 6.54 Å². The molecule has 0 saturated carbocycles. The van der Waals surface area contributed by atoms with E-state index in [2.05, 4.69) is 10.3 Å². The SMILES string of the molecule is O=C(COc1ccccc1F)NCc1ccc[nH]1. The Balaban J connectivity index is 1.77. The van der Waals surface area contributed by atoms with Crippen molar-refractivity contribution in [3.63, 3.8) is 0 Å². The fraction of sp³-hybridized carbons (Fsp3) is 0.154. The number of aromatic amines is 1. The zero-order valence-corrected chi connectivity index (χ0v) is 9.65. The highest BCUT2D eigenvalue weighted by Crippen LogP contribution is 2.14. The molecule has 0 aliphatic rings. The number of amides is 1. The fourth-order valence-corrected chi connectivity index (χ4v) is 1.43. The van der Waals surface area contributed by atoms with Crippen LogP contribution >= 0.6 is 0 Å². The number of para-hydroxylation sites is 1. The first kappa shape index (κ1) is 12.2. The van der Waals surface area contributed by atoms with Gasteiger partial charge in [-0.2, -0.15) is 0 Å². The maximum atomic E-state index is 13.2. The number of rotatable bonds is 5. The van der Waals surface area contributed by atoms with Gasteiger partial charge in [0, 0.05) is 11.9 Å². The summed E-state index contributed by atoms with van der Waals surface area (Å²) in [5.74, 6) is -0.699. The molecule has 18 heavy (non-hydrogen) atoms. The molecule has 1 amide bonds. The van der Waals surface area contributed by atoms with Gasteiger partial charge in [-0.05, 0) is 24.3 Å². The van der Waals surface area contributed by atoms with Gasteiger partial charge in [-0.1, -0.05) is 12.1 Å². The van der Waals surface area contributed by atoms with Crippen LogP contribution in [0.3, 0.4) is 0 Å². The Hall–Kier alpha value is -2.30. The quantitative estimate of drug-likeness (QED) is 0.848. The summed E-state index contributed by atoms with van der Waals surface area (Å²) in [6, 6.07) is 9.68. The number of benzene rings is 1. The van der Waals surface area contributed by atoms with Gasteiger partial charge in [0.2, 0.25) is 0 Å².